The van der Waals surface area contributed by atoms with Crippen LogP contribution in [0.5, 0.6) is 0 Å². The lowest BCUT2D eigenvalue weighted by molar-refractivity contribution is -0.155. The maximum absolute atomic E-state index is 12.3. The second-order valence-corrected chi connectivity index (χ2v) is 6.13. The van der Waals surface area contributed by atoms with Crippen molar-refractivity contribution in [3.8, 4) is 0 Å². The van der Waals surface area contributed by atoms with E-state index in [1.807, 2.05) is 0 Å². The molecular weight excluding hydrogens is 326 g/mol. The zero-order valence-corrected chi connectivity index (χ0v) is 13.0. The molecule has 7 heteroatoms. The average Bonchev–Trinajstić information content (AvgIpc) is 2.30. The molecule has 0 amide bonds. The van der Waals surface area contributed by atoms with Gasteiger partial charge in [0.25, 0.3) is 5.56 Å². The average molecular weight is 340 g/mol. The van der Waals surface area contributed by atoms with Gasteiger partial charge in [-0.3, -0.25) is 19.1 Å². The molecule has 2 aromatic heterocycles. The van der Waals surface area contributed by atoms with Crippen LogP contribution in [0, 0.1) is 0 Å². The molecule has 0 bridgehead atoms. The summed E-state index contributed by atoms with van der Waals surface area (Å²) in [6.45, 7) is 5.14. The van der Waals surface area contributed by atoms with Crippen molar-refractivity contribution in [3.05, 3.63) is 33.5 Å². The smallest absolute Gasteiger partial charge is 0.326 e. The summed E-state index contributed by atoms with van der Waals surface area (Å²) in [5.74, 6) is -0.481. The number of ether oxygens (including phenoxy) is 1. The summed E-state index contributed by atoms with van der Waals surface area (Å²) in [5, 5.41) is 0.394. The van der Waals surface area contributed by atoms with Crippen molar-refractivity contribution in [2.24, 2.45) is 0 Å². The zero-order chi connectivity index (χ0) is 14.9. The lowest BCUT2D eigenvalue weighted by Crippen LogP contribution is -2.30. The summed E-state index contributed by atoms with van der Waals surface area (Å²) in [6.07, 6.45) is 4.34. The van der Waals surface area contributed by atoms with E-state index in [2.05, 4.69) is 25.9 Å². The second-order valence-electron chi connectivity index (χ2n) is 5.28. The topological polar surface area (TPSA) is 74.1 Å². The van der Waals surface area contributed by atoms with Crippen molar-refractivity contribution in [2.75, 3.05) is 0 Å². The van der Waals surface area contributed by atoms with Crippen molar-refractivity contribution in [1.29, 1.82) is 0 Å². The maximum atomic E-state index is 12.3. The monoisotopic (exact) mass is 339 g/mol. The van der Waals surface area contributed by atoms with Gasteiger partial charge in [0.15, 0.2) is 0 Å². The summed E-state index contributed by atoms with van der Waals surface area (Å²) >= 11 is 3.26. The van der Waals surface area contributed by atoms with Crippen molar-refractivity contribution in [1.82, 2.24) is 14.5 Å². The molecule has 0 fully saturated rings. The molecule has 0 aliphatic heterocycles. The van der Waals surface area contributed by atoms with E-state index in [4.69, 9.17) is 4.74 Å². The molecule has 0 aliphatic rings. The number of fused-ring (bicyclic) bond motifs is 1. The highest BCUT2D eigenvalue weighted by Gasteiger charge is 2.17. The molecule has 2 aromatic rings. The van der Waals surface area contributed by atoms with E-state index in [1.165, 1.54) is 23.3 Å². The summed E-state index contributed by atoms with van der Waals surface area (Å²) in [6, 6.07) is 0. The Balaban J connectivity index is 2.37. The van der Waals surface area contributed by atoms with Crippen LogP contribution in [0.4, 0.5) is 0 Å². The first-order valence-electron chi connectivity index (χ1n) is 5.98. The quantitative estimate of drug-likeness (QED) is 0.781. The number of hydrogen-bond donors (Lipinski definition) is 0. The first kappa shape index (κ1) is 14.6. The van der Waals surface area contributed by atoms with Gasteiger partial charge in [-0.25, -0.2) is 4.98 Å². The molecular formula is C13H14BrN3O3. The Labute approximate surface area is 123 Å². The van der Waals surface area contributed by atoms with Crippen LogP contribution in [-0.4, -0.2) is 26.1 Å². The minimum atomic E-state index is -0.588. The fraction of sp³-hybridized carbons (Fsp3) is 0.385. The van der Waals surface area contributed by atoms with Crippen molar-refractivity contribution >= 4 is 32.8 Å². The molecule has 2 heterocycles. The van der Waals surface area contributed by atoms with Crippen molar-refractivity contribution < 1.29 is 9.53 Å². The minimum absolute atomic E-state index is 0.173. The number of aromatic nitrogens is 3. The summed E-state index contributed by atoms with van der Waals surface area (Å²) in [5.41, 5.74) is -0.421. The zero-order valence-electron chi connectivity index (χ0n) is 11.4. The molecule has 0 saturated heterocycles. The van der Waals surface area contributed by atoms with E-state index in [1.54, 1.807) is 20.8 Å². The molecule has 2 rings (SSSR count). The highest BCUT2D eigenvalue weighted by molar-refractivity contribution is 9.10. The van der Waals surface area contributed by atoms with Gasteiger partial charge in [0, 0.05) is 6.20 Å². The minimum Gasteiger partial charge on any atom is -0.459 e. The Kier molecular flexibility index (Phi) is 3.89. The SMILES string of the molecule is CC(C)(C)OC(=O)Cn1cnc2cncc(Br)c2c1=O. The van der Waals surface area contributed by atoms with Gasteiger partial charge in [0.2, 0.25) is 0 Å². The number of esters is 1. The second kappa shape index (κ2) is 5.32. The molecule has 0 unspecified atom stereocenters. The molecule has 0 radical (unpaired) electrons. The largest absolute Gasteiger partial charge is 0.459 e. The number of carbonyl (C=O) groups excluding carboxylic acids is 1. The predicted molar refractivity (Wildman–Crippen MR) is 77.3 cm³/mol. The normalized spacial score (nSPS) is 11.6. The summed E-state index contributed by atoms with van der Waals surface area (Å²) in [7, 11) is 0. The highest BCUT2D eigenvalue weighted by Crippen LogP contribution is 2.16. The standard InChI is InChI=1S/C13H14BrN3O3/c1-13(2,3)20-10(18)6-17-7-16-9-5-15-4-8(14)11(9)12(17)19/h4-5,7H,6H2,1-3H3. The van der Waals surface area contributed by atoms with E-state index >= 15 is 0 Å². The van der Waals surface area contributed by atoms with E-state index in [9.17, 15) is 9.59 Å². The van der Waals surface area contributed by atoms with Gasteiger partial charge in [-0.2, -0.15) is 0 Å². The number of carbonyl (C=O) groups is 1. The molecule has 0 aliphatic carbocycles. The molecule has 6 nitrogen and oxygen atoms in total. The number of rotatable bonds is 2. The Morgan fingerprint density at radius 3 is 2.75 bits per heavy atom. The van der Waals surface area contributed by atoms with Crippen LogP contribution in [-0.2, 0) is 16.1 Å². The third-order valence-corrected chi connectivity index (χ3v) is 3.01. The summed E-state index contributed by atoms with van der Waals surface area (Å²) in [4.78, 5) is 32.1. The number of nitrogens with zero attached hydrogens (tertiary/aromatic N) is 3. The van der Waals surface area contributed by atoms with E-state index < -0.39 is 11.6 Å². The highest BCUT2D eigenvalue weighted by atomic mass is 79.9. The van der Waals surface area contributed by atoms with Crippen LogP contribution < -0.4 is 5.56 Å². The lowest BCUT2D eigenvalue weighted by atomic mass is 10.2. The number of hydrogen-bond acceptors (Lipinski definition) is 5. The molecule has 20 heavy (non-hydrogen) atoms. The number of pyridine rings is 1. The van der Waals surface area contributed by atoms with Gasteiger partial charge in [0.05, 0.1) is 27.9 Å². The van der Waals surface area contributed by atoms with Crippen LogP contribution in [0.2, 0.25) is 0 Å². The first-order chi connectivity index (χ1) is 9.28. The first-order valence-corrected chi connectivity index (χ1v) is 6.78. The van der Waals surface area contributed by atoms with Crippen LogP contribution in [0.1, 0.15) is 20.8 Å². The molecule has 0 aromatic carbocycles. The lowest BCUT2D eigenvalue weighted by Gasteiger charge is -2.19. The van der Waals surface area contributed by atoms with E-state index in [0.717, 1.165) is 0 Å². The van der Waals surface area contributed by atoms with Crippen molar-refractivity contribution in [3.63, 3.8) is 0 Å². The Morgan fingerprint density at radius 2 is 2.10 bits per heavy atom. The van der Waals surface area contributed by atoms with Gasteiger partial charge in [0.1, 0.15) is 12.1 Å². The van der Waals surface area contributed by atoms with E-state index in [-0.39, 0.29) is 12.1 Å². The van der Waals surface area contributed by atoms with Gasteiger partial charge in [-0.15, -0.1) is 0 Å². The molecule has 0 spiro atoms. The van der Waals surface area contributed by atoms with E-state index in [0.29, 0.717) is 15.4 Å². The van der Waals surface area contributed by atoms with Gasteiger partial charge in [-0.1, -0.05) is 0 Å². The number of halogens is 1. The maximum Gasteiger partial charge on any atom is 0.326 e. The van der Waals surface area contributed by atoms with Gasteiger partial charge in [-0.05, 0) is 36.7 Å². The Hall–Kier alpha value is -1.76. The predicted octanol–water partition coefficient (Wildman–Crippen LogP) is 1.90. The summed E-state index contributed by atoms with van der Waals surface area (Å²) < 4.78 is 6.96. The molecule has 0 saturated carbocycles. The molecule has 0 N–H and O–H groups in total. The fourth-order valence-corrected chi connectivity index (χ4v) is 2.18. The van der Waals surface area contributed by atoms with Crippen LogP contribution in [0.15, 0.2) is 28.0 Å². The van der Waals surface area contributed by atoms with Gasteiger partial charge >= 0.3 is 5.97 Å². The third kappa shape index (κ3) is 3.22. The molecule has 0 atom stereocenters. The fourth-order valence-electron chi connectivity index (χ4n) is 1.69. The Bertz CT molecular complexity index is 719. The van der Waals surface area contributed by atoms with Gasteiger partial charge < -0.3 is 4.74 Å². The molecule has 106 valence electrons. The Morgan fingerprint density at radius 1 is 1.40 bits per heavy atom. The van der Waals surface area contributed by atoms with Crippen molar-refractivity contribution in [2.45, 2.75) is 32.9 Å². The van der Waals surface area contributed by atoms with Crippen LogP contribution >= 0.6 is 15.9 Å². The van der Waals surface area contributed by atoms with Crippen LogP contribution in [0.25, 0.3) is 10.9 Å². The third-order valence-electron chi connectivity index (χ3n) is 2.41. The van der Waals surface area contributed by atoms with Crippen LogP contribution in [0.3, 0.4) is 0 Å².